The van der Waals surface area contributed by atoms with Gasteiger partial charge in [0.2, 0.25) is 0 Å². The Labute approximate surface area is 145 Å². The van der Waals surface area contributed by atoms with Crippen molar-refractivity contribution in [2.24, 2.45) is 10.4 Å². The number of nitrogens with zero attached hydrogens (tertiary/aromatic N) is 1. The molecule has 0 heterocycles. The Morgan fingerprint density at radius 2 is 1.88 bits per heavy atom. The summed E-state index contributed by atoms with van der Waals surface area (Å²) in [5, 5.41) is 6.91. The van der Waals surface area contributed by atoms with E-state index in [1.54, 1.807) is 14.2 Å². The Bertz CT molecular complexity index is 527. The van der Waals surface area contributed by atoms with Gasteiger partial charge >= 0.3 is 0 Å². The number of aliphatic imine (C=N–C) groups is 1. The largest absolute Gasteiger partial charge is 0.385 e. The first-order chi connectivity index (χ1) is 11.7. The van der Waals surface area contributed by atoms with Crippen molar-refractivity contribution in [1.29, 1.82) is 0 Å². The highest BCUT2D eigenvalue weighted by Crippen LogP contribution is 2.43. The van der Waals surface area contributed by atoms with Crippen molar-refractivity contribution in [3.63, 3.8) is 0 Å². The van der Waals surface area contributed by atoms with Crippen molar-refractivity contribution < 1.29 is 9.47 Å². The Hall–Kier alpha value is -1.59. The van der Waals surface area contributed by atoms with Crippen LogP contribution < -0.4 is 10.6 Å². The molecule has 0 unspecified atom stereocenters. The second-order valence-electron chi connectivity index (χ2n) is 6.58. The van der Waals surface area contributed by atoms with Gasteiger partial charge in [-0.05, 0) is 35.8 Å². The topological polar surface area (TPSA) is 54.9 Å². The summed E-state index contributed by atoms with van der Waals surface area (Å²) >= 11 is 0. The van der Waals surface area contributed by atoms with Gasteiger partial charge in [0.1, 0.15) is 0 Å². The average Bonchev–Trinajstić information content (AvgIpc) is 2.57. The standard InChI is InChI=1S/C19H31N3O2/c1-20-18(22-15-19(9-6-10-19)11-12-23-2)21-13-16-7-4-5-8-17(16)14-24-3/h4-5,7-8H,6,9-15H2,1-3H3,(H2,20,21,22). The molecule has 1 aromatic carbocycles. The molecule has 0 spiro atoms. The van der Waals surface area contributed by atoms with Gasteiger partial charge in [0.15, 0.2) is 5.96 Å². The number of benzene rings is 1. The fourth-order valence-corrected chi connectivity index (χ4v) is 3.21. The molecule has 0 saturated heterocycles. The lowest BCUT2D eigenvalue weighted by Gasteiger charge is -2.42. The van der Waals surface area contributed by atoms with Gasteiger partial charge in [-0.25, -0.2) is 0 Å². The molecule has 1 fully saturated rings. The highest BCUT2D eigenvalue weighted by atomic mass is 16.5. The van der Waals surface area contributed by atoms with E-state index in [1.807, 2.05) is 13.1 Å². The summed E-state index contributed by atoms with van der Waals surface area (Å²) in [6, 6.07) is 8.33. The van der Waals surface area contributed by atoms with Gasteiger partial charge in [-0.15, -0.1) is 0 Å². The molecule has 24 heavy (non-hydrogen) atoms. The van der Waals surface area contributed by atoms with Gasteiger partial charge in [0, 0.05) is 41.0 Å². The van der Waals surface area contributed by atoms with Crippen LogP contribution in [0.2, 0.25) is 0 Å². The molecule has 0 aliphatic heterocycles. The van der Waals surface area contributed by atoms with Crippen molar-refractivity contribution in [3.8, 4) is 0 Å². The van der Waals surface area contributed by atoms with Crippen LogP contribution in [0.5, 0.6) is 0 Å². The third kappa shape index (κ3) is 5.21. The molecule has 1 aromatic rings. The third-order valence-electron chi connectivity index (χ3n) is 4.97. The van der Waals surface area contributed by atoms with Crippen LogP contribution in [0.1, 0.15) is 36.8 Å². The average molecular weight is 333 g/mol. The zero-order chi connectivity index (χ0) is 17.3. The summed E-state index contributed by atoms with van der Waals surface area (Å²) in [5.74, 6) is 0.853. The van der Waals surface area contributed by atoms with Crippen LogP contribution in [0.3, 0.4) is 0 Å². The van der Waals surface area contributed by atoms with Gasteiger partial charge < -0.3 is 20.1 Å². The molecule has 1 aliphatic carbocycles. The highest BCUT2D eigenvalue weighted by molar-refractivity contribution is 5.79. The molecule has 134 valence electrons. The van der Waals surface area contributed by atoms with Crippen molar-refractivity contribution in [2.75, 3.05) is 34.4 Å². The number of nitrogens with one attached hydrogen (secondary N) is 2. The van der Waals surface area contributed by atoms with Crippen molar-refractivity contribution in [3.05, 3.63) is 35.4 Å². The summed E-state index contributed by atoms with van der Waals surface area (Å²) in [6.07, 6.45) is 4.99. The molecule has 0 aromatic heterocycles. The molecule has 0 bridgehead atoms. The van der Waals surface area contributed by atoms with Crippen LogP contribution in [0, 0.1) is 5.41 Å². The number of methoxy groups -OCH3 is 2. The number of rotatable bonds is 9. The first kappa shape index (κ1) is 18.7. The lowest BCUT2D eigenvalue weighted by molar-refractivity contribution is 0.0732. The van der Waals surface area contributed by atoms with E-state index in [4.69, 9.17) is 9.47 Å². The highest BCUT2D eigenvalue weighted by Gasteiger charge is 2.36. The zero-order valence-electron chi connectivity index (χ0n) is 15.2. The Morgan fingerprint density at radius 3 is 2.46 bits per heavy atom. The molecule has 2 N–H and O–H groups in total. The fourth-order valence-electron chi connectivity index (χ4n) is 3.21. The maximum atomic E-state index is 5.27. The van der Waals surface area contributed by atoms with Crippen molar-refractivity contribution in [2.45, 2.75) is 38.8 Å². The monoisotopic (exact) mass is 333 g/mol. The van der Waals surface area contributed by atoms with E-state index >= 15 is 0 Å². The molecule has 5 heteroatoms. The lowest BCUT2D eigenvalue weighted by Crippen LogP contribution is -2.46. The molecular formula is C19H31N3O2. The van der Waals surface area contributed by atoms with Crippen LogP contribution >= 0.6 is 0 Å². The fraction of sp³-hybridized carbons (Fsp3) is 0.632. The maximum absolute atomic E-state index is 5.27. The second kappa shape index (κ2) is 9.64. The van der Waals surface area contributed by atoms with Crippen LogP contribution in [0.4, 0.5) is 0 Å². The number of ether oxygens (including phenoxy) is 2. The number of hydrogen-bond donors (Lipinski definition) is 2. The number of guanidine groups is 1. The smallest absolute Gasteiger partial charge is 0.191 e. The van der Waals surface area contributed by atoms with Crippen LogP contribution in [-0.4, -0.2) is 40.4 Å². The SMILES string of the molecule is CN=C(NCc1ccccc1COC)NCC1(CCOC)CCC1. The van der Waals surface area contributed by atoms with Gasteiger partial charge in [-0.1, -0.05) is 30.7 Å². The normalized spacial score (nSPS) is 16.5. The first-order valence-corrected chi connectivity index (χ1v) is 8.72. The Balaban J connectivity index is 1.84. The Morgan fingerprint density at radius 1 is 1.12 bits per heavy atom. The summed E-state index contributed by atoms with van der Waals surface area (Å²) in [6.45, 7) is 3.15. The maximum Gasteiger partial charge on any atom is 0.191 e. The minimum absolute atomic E-state index is 0.377. The van der Waals surface area contributed by atoms with E-state index < -0.39 is 0 Å². The van der Waals surface area contributed by atoms with Crippen LogP contribution in [-0.2, 0) is 22.6 Å². The molecule has 5 nitrogen and oxygen atoms in total. The molecule has 0 atom stereocenters. The molecular weight excluding hydrogens is 302 g/mol. The van der Waals surface area contributed by atoms with Gasteiger partial charge in [-0.3, -0.25) is 4.99 Å². The molecule has 1 aliphatic rings. The predicted molar refractivity (Wildman–Crippen MR) is 98.1 cm³/mol. The number of hydrogen-bond acceptors (Lipinski definition) is 3. The second-order valence-corrected chi connectivity index (χ2v) is 6.58. The zero-order valence-corrected chi connectivity index (χ0v) is 15.2. The summed E-state index contributed by atoms with van der Waals surface area (Å²) in [5.41, 5.74) is 2.82. The quantitative estimate of drug-likeness (QED) is 0.539. The third-order valence-corrected chi connectivity index (χ3v) is 4.97. The van der Waals surface area contributed by atoms with Gasteiger partial charge in [0.05, 0.1) is 6.61 Å². The summed E-state index contributed by atoms with van der Waals surface area (Å²) < 4.78 is 10.5. The van der Waals surface area contributed by atoms with E-state index in [2.05, 4.69) is 33.8 Å². The van der Waals surface area contributed by atoms with Crippen LogP contribution in [0.25, 0.3) is 0 Å². The summed E-state index contributed by atoms with van der Waals surface area (Å²) in [4.78, 5) is 4.35. The van der Waals surface area contributed by atoms with Gasteiger partial charge in [0.25, 0.3) is 0 Å². The van der Waals surface area contributed by atoms with Crippen LogP contribution in [0.15, 0.2) is 29.3 Å². The molecule has 2 rings (SSSR count). The summed E-state index contributed by atoms with van der Waals surface area (Å²) in [7, 11) is 5.32. The van der Waals surface area contributed by atoms with E-state index in [9.17, 15) is 0 Å². The van der Waals surface area contributed by atoms with E-state index in [1.165, 1.54) is 30.4 Å². The van der Waals surface area contributed by atoms with E-state index in [0.717, 1.165) is 32.1 Å². The van der Waals surface area contributed by atoms with E-state index in [-0.39, 0.29) is 0 Å². The first-order valence-electron chi connectivity index (χ1n) is 8.72. The van der Waals surface area contributed by atoms with E-state index in [0.29, 0.717) is 12.0 Å². The minimum atomic E-state index is 0.377. The predicted octanol–water partition coefficient (Wildman–Crippen LogP) is 2.70. The lowest BCUT2D eigenvalue weighted by atomic mass is 9.67. The molecule has 0 radical (unpaired) electrons. The van der Waals surface area contributed by atoms with Crippen molar-refractivity contribution in [1.82, 2.24) is 10.6 Å². The van der Waals surface area contributed by atoms with Crippen molar-refractivity contribution >= 4 is 5.96 Å². The Kier molecular flexibility index (Phi) is 7.53. The molecule has 0 amide bonds. The molecule has 1 saturated carbocycles. The minimum Gasteiger partial charge on any atom is -0.385 e. The van der Waals surface area contributed by atoms with Gasteiger partial charge in [-0.2, -0.15) is 0 Å².